The summed E-state index contributed by atoms with van der Waals surface area (Å²) in [5, 5.41) is 19.5. The third-order valence-corrected chi connectivity index (χ3v) is 6.98. The Hall–Kier alpha value is -3.26. The van der Waals surface area contributed by atoms with Gasteiger partial charge in [0.1, 0.15) is 11.6 Å². The van der Waals surface area contributed by atoms with E-state index >= 15 is 0 Å². The number of fused-ring (bicyclic) bond motifs is 2. The molecule has 8 heteroatoms. The molecule has 35 heavy (non-hydrogen) atoms. The molecule has 0 radical (unpaired) electrons. The number of Topliss-reactive ketones (excluding diaryl/α,β-unsaturated/α-hetero) is 1. The van der Waals surface area contributed by atoms with Crippen molar-refractivity contribution in [1.82, 2.24) is 29.9 Å². The van der Waals surface area contributed by atoms with Crippen LogP contribution in [0.4, 0.5) is 0 Å². The van der Waals surface area contributed by atoms with Gasteiger partial charge in [0, 0.05) is 29.8 Å². The van der Waals surface area contributed by atoms with Crippen LogP contribution in [0.15, 0.2) is 36.5 Å². The van der Waals surface area contributed by atoms with Crippen LogP contribution in [-0.2, 0) is 11.2 Å². The molecule has 1 aromatic carbocycles. The highest BCUT2D eigenvalue weighted by Gasteiger charge is 2.30. The van der Waals surface area contributed by atoms with Crippen LogP contribution < -0.4 is 0 Å². The summed E-state index contributed by atoms with van der Waals surface area (Å²) in [7, 11) is 0. The van der Waals surface area contributed by atoms with E-state index in [0.717, 1.165) is 60.2 Å². The molecule has 2 atom stereocenters. The van der Waals surface area contributed by atoms with E-state index in [1.165, 1.54) is 0 Å². The molecule has 0 bridgehead atoms. The molecule has 0 amide bonds. The SMILES string of the molecule is Cc1ccc2cc(-n3nnc4cnc(C[C@@H]5CC[C@@H](C(=O)CCCC(C)(C)O)C5)nc43)ccc2n1. The predicted octanol–water partition coefficient (Wildman–Crippen LogP) is 4.54. The molecule has 0 aliphatic heterocycles. The van der Waals surface area contributed by atoms with Crippen LogP contribution in [0.1, 0.15) is 63.9 Å². The van der Waals surface area contributed by atoms with Crippen molar-refractivity contribution in [2.24, 2.45) is 11.8 Å². The molecule has 1 saturated carbocycles. The van der Waals surface area contributed by atoms with Gasteiger partial charge in [-0.15, -0.1) is 5.10 Å². The molecule has 4 aromatic rings. The van der Waals surface area contributed by atoms with E-state index in [4.69, 9.17) is 4.98 Å². The van der Waals surface area contributed by atoms with Crippen LogP contribution in [0.2, 0.25) is 0 Å². The van der Waals surface area contributed by atoms with Gasteiger partial charge in [0.25, 0.3) is 0 Å². The molecular weight excluding hydrogens is 440 g/mol. The number of ketones is 1. The number of aromatic nitrogens is 6. The van der Waals surface area contributed by atoms with Crippen molar-refractivity contribution in [3.05, 3.63) is 48.0 Å². The van der Waals surface area contributed by atoms with Gasteiger partial charge in [0.15, 0.2) is 11.2 Å². The lowest BCUT2D eigenvalue weighted by Gasteiger charge is -2.17. The highest BCUT2D eigenvalue weighted by atomic mass is 16.3. The second-order valence-corrected chi connectivity index (χ2v) is 10.5. The van der Waals surface area contributed by atoms with Gasteiger partial charge in [0.2, 0.25) is 0 Å². The monoisotopic (exact) mass is 472 g/mol. The summed E-state index contributed by atoms with van der Waals surface area (Å²) in [6, 6.07) is 10.1. The van der Waals surface area contributed by atoms with Crippen LogP contribution in [0.3, 0.4) is 0 Å². The fourth-order valence-electron chi connectivity index (χ4n) is 5.09. The average molecular weight is 473 g/mol. The van der Waals surface area contributed by atoms with E-state index < -0.39 is 5.60 Å². The number of hydrogen-bond acceptors (Lipinski definition) is 7. The smallest absolute Gasteiger partial charge is 0.187 e. The maximum atomic E-state index is 12.6. The lowest BCUT2D eigenvalue weighted by molar-refractivity contribution is -0.123. The fraction of sp³-hybridized carbons (Fsp3) is 0.481. The minimum Gasteiger partial charge on any atom is -0.390 e. The summed E-state index contributed by atoms with van der Waals surface area (Å²) in [6.45, 7) is 5.57. The largest absolute Gasteiger partial charge is 0.390 e. The van der Waals surface area contributed by atoms with Crippen LogP contribution in [0.5, 0.6) is 0 Å². The van der Waals surface area contributed by atoms with Crippen molar-refractivity contribution >= 4 is 27.9 Å². The molecular formula is C27H32N6O2. The Labute approximate surface area is 204 Å². The first-order valence-corrected chi connectivity index (χ1v) is 12.5. The number of benzene rings is 1. The van der Waals surface area contributed by atoms with Crippen molar-refractivity contribution in [1.29, 1.82) is 0 Å². The van der Waals surface area contributed by atoms with Crippen molar-refractivity contribution < 1.29 is 9.90 Å². The van der Waals surface area contributed by atoms with Gasteiger partial charge in [-0.1, -0.05) is 11.3 Å². The molecule has 5 rings (SSSR count). The molecule has 1 aliphatic rings. The van der Waals surface area contributed by atoms with Gasteiger partial charge in [0.05, 0.1) is 23.0 Å². The standard InChI is InChI=1S/C27H32N6O2/c1-17-6-8-19-15-21(10-11-22(19)29-17)33-26-23(31-32-33)16-28-25(30-26)14-18-7-9-20(13-18)24(34)5-4-12-27(2,3)35/h6,8,10-11,15-16,18,20,35H,4-5,7,9,12-14H2,1-3H3/t18-,20-/m1/s1. The van der Waals surface area contributed by atoms with Gasteiger partial charge < -0.3 is 5.11 Å². The van der Waals surface area contributed by atoms with Crippen molar-refractivity contribution in [2.75, 3.05) is 0 Å². The average Bonchev–Trinajstić information content (AvgIpc) is 3.45. The number of rotatable bonds is 8. The van der Waals surface area contributed by atoms with Gasteiger partial charge >= 0.3 is 0 Å². The number of nitrogens with zero attached hydrogens (tertiary/aromatic N) is 6. The van der Waals surface area contributed by atoms with E-state index in [2.05, 4.69) is 26.3 Å². The second-order valence-electron chi connectivity index (χ2n) is 10.5. The lowest BCUT2D eigenvalue weighted by Crippen LogP contribution is -2.19. The van der Waals surface area contributed by atoms with E-state index in [9.17, 15) is 9.90 Å². The summed E-state index contributed by atoms with van der Waals surface area (Å²) < 4.78 is 1.75. The highest BCUT2D eigenvalue weighted by molar-refractivity contribution is 5.82. The first-order chi connectivity index (χ1) is 16.7. The molecule has 8 nitrogen and oxygen atoms in total. The van der Waals surface area contributed by atoms with Crippen molar-refractivity contribution in [3.63, 3.8) is 0 Å². The summed E-state index contributed by atoms with van der Waals surface area (Å²) in [6.07, 6.45) is 7.25. The topological polar surface area (TPSA) is 107 Å². The minimum absolute atomic E-state index is 0.118. The number of aryl methyl sites for hydroxylation is 1. The Morgan fingerprint density at radius 3 is 2.83 bits per heavy atom. The van der Waals surface area contributed by atoms with E-state index in [0.29, 0.717) is 35.7 Å². The van der Waals surface area contributed by atoms with Gasteiger partial charge in [-0.05, 0) is 83.1 Å². The Morgan fingerprint density at radius 1 is 1.14 bits per heavy atom. The van der Waals surface area contributed by atoms with Crippen LogP contribution in [-0.4, -0.2) is 46.4 Å². The molecule has 0 unspecified atom stereocenters. The number of carbonyl (C=O) groups is 1. The number of pyridine rings is 1. The molecule has 1 aliphatic carbocycles. The van der Waals surface area contributed by atoms with Gasteiger partial charge in [-0.25, -0.2) is 9.97 Å². The zero-order valence-electron chi connectivity index (χ0n) is 20.6. The first kappa shape index (κ1) is 23.5. The third kappa shape index (κ3) is 5.37. The van der Waals surface area contributed by atoms with Gasteiger partial charge in [-0.2, -0.15) is 4.68 Å². The number of hydrogen-bond donors (Lipinski definition) is 1. The lowest BCUT2D eigenvalue weighted by atomic mass is 9.93. The Morgan fingerprint density at radius 2 is 2.00 bits per heavy atom. The zero-order valence-corrected chi connectivity index (χ0v) is 20.6. The molecule has 0 saturated heterocycles. The van der Waals surface area contributed by atoms with E-state index in [1.54, 1.807) is 24.7 Å². The summed E-state index contributed by atoms with van der Waals surface area (Å²) in [5.74, 6) is 1.61. The summed E-state index contributed by atoms with van der Waals surface area (Å²) in [4.78, 5) is 26.6. The maximum Gasteiger partial charge on any atom is 0.187 e. The van der Waals surface area contributed by atoms with Gasteiger partial charge in [-0.3, -0.25) is 9.78 Å². The predicted molar refractivity (Wildman–Crippen MR) is 134 cm³/mol. The normalized spacial score (nSPS) is 18.5. The Kier molecular flexibility index (Phi) is 6.32. The number of aliphatic hydroxyl groups is 1. The maximum absolute atomic E-state index is 12.6. The molecule has 3 heterocycles. The van der Waals surface area contributed by atoms with E-state index in [-0.39, 0.29) is 5.92 Å². The summed E-state index contributed by atoms with van der Waals surface area (Å²) in [5.41, 5.74) is 3.44. The van der Waals surface area contributed by atoms with Crippen LogP contribution in [0, 0.1) is 18.8 Å². The molecule has 3 aromatic heterocycles. The third-order valence-electron chi connectivity index (χ3n) is 6.98. The summed E-state index contributed by atoms with van der Waals surface area (Å²) >= 11 is 0. The fourth-order valence-corrected chi connectivity index (χ4v) is 5.09. The minimum atomic E-state index is -0.710. The Balaban J connectivity index is 1.28. The Bertz CT molecular complexity index is 1370. The second kappa shape index (κ2) is 9.41. The van der Waals surface area contributed by atoms with Crippen LogP contribution in [0.25, 0.3) is 27.8 Å². The molecule has 182 valence electrons. The molecule has 1 N–H and O–H groups in total. The molecule has 0 spiro atoms. The first-order valence-electron chi connectivity index (χ1n) is 12.5. The molecule has 1 fully saturated rings. The highest BCUT2D eigenvalue weighted by Crippen LogP contribution is 2.34. The quantitative estimate of drug-likeness (QED) is 0.401. The van der Waals surface area contributed by atoms with Crippen LogP contribution >= 0.6 is 0 Å². The number of carbonyl (C=O) groups excluding carboxylic acids is 1. The van der Waals surface area contributed by atoms with Crippen molar-refractivity contribution in [3.8, 4) is 5.69 Å². The van der Waals surface area contributed by atoms with Crippen molar-refractivity contribution in [2.45, 2.75) is 71.3 Å². The van der Waals surface area contributed by atoms with E-state index in [1.807, 2.05) is 31.2 Å². The zero-order chi connectivity index (χ0) is 24.6.